The van der Waals surface area contributed by atoms with Crippen LogP contribution in [0.4, 0.5) is 8.78 Å². The van der Waals surface area contributed by atoms with Crippen LogP contribution in [-0.2, 0) is 21.2 Å². The number of rotatable bonds is 8. The third kappa shape index (κ3) is 5.03. The number of nitrogens with one attached hydrogen (secondary N) is 2. The molecular weight excluding hydrogens is 420 g/mol. The first-order chi connectivity index (χ1) is 14.3. The van der Waals surface area contributed by atoms with Crippen molar-refractivity contribution in [1.82, 2.24) is 10.0 Å². The number of benzene rings is 2. The quantitative estimate of drug-likeness (QED) is 0.651. The van der Waals surface area contributed by atoms with Gasteiger partial charge in [0.05, 0.1) is 12.0 Å². The molecule has 0 radical (unpaired) electrons. The van der Waals surface area contributed by atoms with Crippen LogP contribution in [0.15, 0.2) is 52.4 Å². The number of carbonyl (C=O) groups is 1. The molecule has 0 bridgehead atoms. The van der Waals surface area contributed by atoms with E-state index in [9.17, 15) is 22.0 Å². The number of carbonyl (C=O) groups excluding carboxylic acids is 1. The monoisotopic (exact) mass is 439 g/mol. The summed E-state index contributed by atoms with van der Waals surface area (Å²) in [6.07, 6.45) is 0.362. The molecule has 3 rings (SSSR count). The second kappa shape index (κ2) is 9.08. The molecule has 11 heteroatoms. The van der Waals surface area contributed by atoms with Crippen molar-refractivity contribution in [2.24, 2.45) is 4.99 Å². The zero-order valence-corrected chi connectivity index (χ0v) is 16.7. The van der Waals surface area contributed by atoms with Crippen LogP contribution in [0.25, 0.3) is 0 Å². The van der Waals surface area contributed by atoms with Gasteiger partial charge >= 0.3 is 6.61 Å². The van der Waals surface area contributed by atoms with Crippen molar-refractivity contribution >= 4 is 21.8 Å². The molecule has 160 valence electrons. The Labute approximate surface area is 172 Å². The molecule has 2 aromatic carbocycles. The summed E-state index contributed by atoms with van der Waals surface area (Å²) in [6, 6.07) is 10.9. The van der Waals surface area contributed by atoms with Gasteiger partial charge in [0.25, 0.3) is 10.0 Å². The van der Waals surface area contributed by atoms with Gasteiger partial charge < -0.3 is 14.8 Å². The number of sulfonamides is 1. The number of amidine groups is 1. The molecular formula is C19H19F2N3O5S. The Morgan fingerprint density at radius 1 is 1.20 bits per heavy atom. The predicted octanol–water partition coefficient (Wildman–Crippen LogP) is 1.69. The fraction of sp³-hybridized carbons (Fsp3) is 0.263. The molecule has 1 amide bonds. The van der Waals surface area contributed by atoms with E-state index in [1.54, 1.807) is 24.3 Å². The van der Waals surface area contributed by atoms with Crippen molar-refractivity contribution in [3.8, 4) is 11.5 Å². The minimum atomic E-state index is -3.66. The molecule has 0 saturated heterocycles. The standard InChI is InChI=1S/C19H19F2N3O5S/c1-28-14-7-6-12(10-15(14)29-19(20)21)8-9-22-17(25)11-23-18-13-4-2-3-5-16(13)30(26,27)24-18/h2-7,10,19H,8-9,11H2,1H3,(H,22,25)(H,23,24). The highest BCUT2D eigenvalue weighted by Crippen LogP contribution is 2.29. The molecule has 0 atom stereocenters. The van der Waals surface area contributed by atoms with Crippen molar-refractivity contribution in [2.75, 3.05) is 20.2 Å². The minimum Gasteiger partial charge on any atom is -0.493 e. The number of nitrogens with zero attached hydrogens (tertiary/aromatic N) is 1. The molecule has 2 aromatic rings. The van der Waals surface area contributed by atoms with Gasteiger partial charge in [0.15, 0.2) is 11.5 Å². The Kier molecular flexibility index (Phi) is 6.50. The second-order valence-corrected chi connectivity index (χ2v) is 7.88. The summed E-state index contributed by atoms with van der Waals surface area (Å²) in [4.78, 5) is 16.2. The Morgan fingerprint density at radius 3 is 2.70 bits per heavy atom. The molecule has 2 N–H and O–H groups in total. The van der Waals surface area contributed by atoms with Crippen molar-refractivity contribution < 1.29 is 31.5 Å². The first-order valence-electron chi connectivity index (χ1n) is 8.85. The van der Waals surface area contributed by atoms with Crippen LogP contribution in [0.2, 0.25) is 0 Å². The van der Waals surface area contributed by atoms with E-state index < -0.39 is 22.5 Å². The van der Waals surface area contributed by atoms with Crippen LogP contribution in [0.1, 0.15) is 11.1 Å². The average molecular weight is 439 g/mol. The van der Waals surface area contributed by atoms with E-state index in [4.69, 9.17) is 4.74 Å². The maximum Gasteiger partial charge on any atom is 0.387 e. The number of ether oxygens (including phenoxy) is 2. The van der Waals surface area contributed by atoms with Crippen LogP contribution in [0.3, 0.4) is 0 Å². The van der Waals surface area contributed by atoms with Gasteiger partial charge in [-0.05, 0) is 36.2 Å². The van der Waals surface area contributed by atoms with Gasteiger partial charge in [0.2, 0.25) is 5.91 Å². The smallest absolute Gasteiger partial charge is 0.387 e. The summed E-state index contributed by atoms with van der Waals surface area (Å²) >= 11 is 0. The fourth-order valence-corrected chi connectivity index (χ4v) is 4.12. The number of methoxy groups -OCH3 is 1. The molecule has 30 heavy (non-hydrogen) atoms. The lowest BCUT2D eigenvalue weighted by Crippen LogP contribution is -2.29. The number of aliphatic imine (C=N–C) groups is 1. The summed E-state index contributed by atoms with van der Waals surface area (Å²) in [5, 5.41) is 2.65. The third-order valence-electron chi connectivity index (χ3n) is 4.22. The number of hydrogen-bond acceptors (Lipinski definition) is 6. The van der Waals surface area contributed by atoms with E-state index in [1.165, 1.54) is 25.3 Å². The van der Waals surface area contributed by atoms with Gasteiger partial charge in [-0.3, -0.25) is 14.5 Å². The largest absolute Gasteiger partial charge is 0.493 e. The van der Waals surface area contributed by atoms with E-state index >= 15 is 0 Å². The van der Waals surface area contributed by atoms with Crippen molar-refractivity contribution in [3.63, 3.8) is 0 Å². The lowest BCUT2D eigenvalue weighted by molar-refractivity contribution is -0.119. The van der Waals surface area contributed by atoms with E-state index in [-0.39, 0.29) is 35.3 Å². The topological polar surface area (TPSA) is 106 Å². The molecule has 0 aromatic heterocycles. The van der Waals surface area contributed by atoms with Gasteiger partial charge in [-0.15, -0.1) is 0 Å². The van der Waals surface area contributed by atoms with Crippen LogP contribution >= 0.6 is 0 Å². The molecule has 0 saturated carbocycles. The molecule has 0 aliphatic carbocycles. The number of alkyl halides is 2. The number of halogens is 2. The summed E-state index contributed by atoms with van der Waals surface area (Å²) in [5.74, 6) is -0.207. The number of amides is 1. The summed E-state index contributed by atoms with van der Waals surface area (Å²) in [5.41, 5.74) is 1.07. The molecule has 0 spiro atoms. The van der Waals surface area contributed by atoms with E-state index in [0.717, 1.165) is 0 Å². The zero-order valence-electron chi connectivity index (χ0n) is 15.9. The third-order valence-corrected chi connectivity index (χ3v) is 5.62. The van der Waals surface area contributed by atoms with Crippen molar-refractivity contribution in [2.45, 2.75) is 17.9 Å². The van der Waals surface area contributed by atoms with Gasteiger partial charge in [0.1, 0.15) is 12.4 Å². The summed E-state index contributed by atoms with van der Waals surface area (Å²) in [6.45, 7) is -3.02. The SMILES string of the molecule is COc1ccc(CCNC(=O)CN=C2NS(=O)(=O)c3ccccc32)cc1OC(F)F. The highest BCUT2D eigenvalue weighted by molar-refractivity contribution is 7.90. The van der Waals surface area contributed by atoms with Crippen LogP contribution < -0.4 is 19.5 Å². The Bertz CT molecular complexity index is 1070. The van der Waals surface area contributed by atoms with E-state index in [0.29, 0.717) is 17.5 Å². The maximum absolute atomic E-state index is 12.5. The number of fused-ring (bicyclic) bond motifs is 1. The number of hydrogen-bond donors (Lipinski definition) is 2. The normalized spacial score (nSPS) is 15.5. The molecule has 1 aliphatic rings. The minimum absolute atomic E-state index is 0.0880. The van der Waals surface area contributed by atoms with Crippen LogP contribution in [-0.4, -0.2) is 47.0 Å². The predicted molar refractivity (Wildman–Crippen MR) is 105 cm³/mol. The van der Waals surface area contributed by atoms with Crippen molar-refractivity contribution in [3.05, 3.63) is 53.6 Å². The van der Waals surface area contributed by atoms with Crippen molar-refractivity contribution in [1.29, 1.82) is 0 Å². The van der Waals surface area contributed by atoms with E-state index in [1.807, 2.05) is 0 Å². The average Bonchev–Trinajstić information content (AvgIpc) is 2.97. The highest BCUT2D eigenvalue weighted by atomic mass is 32.2. The van der Waals surface area contributed by atoms with Gasteiger partial charge in [0, 0.05) is 12.1 Å². The van der Waals surface area contributed by atoms with Gasteiger partial charge in [-0.1, -0.05) is 18.2 Å². The summed E-state index contributed by atoms with van der Waals surface area (Å²) < 4.78 is 60.7. The Morgan fingerprint density at radius 2 is 1.97 bits per heavy atom. The second-order valence-electron chi connectivity index (χ2n) is 6.23. The zero-order chi connectivity index (χ0) is 21.7. The molecule has 8 nitrogen and oxygen atoms in total. The molecule has 0 fully saturated rings. The van der Waals surface area contributed by atoms with Gasteiger partial charge in [-0.25, -0.2) is 8.42 Å². The molecule has 0 unspecified atom stereocenters. The first-order valence-corrected chi connectivity index (χ1v) is 10.3. The Hall–Kier alpha value is -3.21. The fourth-order valence-electron chi connectivity index (χ4n) is 2.87. The maximum atomic E-state index is 12.5. The van der Waals surface area contributed by atoms with Crippen LogP contribution in [0, 0.1) is 0 Å². The van der Waals surface area contributed by atoms with E-state index in [2.05, 4.69) is 19.8 Å². The Balaban J connectivity index is 1.56. The van der Waals surface area contributed by atoms with Crippen LogP contribution in [0.5, 0.6) is 11.5 Å². The highest BCUT2D eigenvalue weighted by Gasteiger charge is 2.30. The first kappa shape index (κ1) is 21.5. The lowest BCUT2D eigenvalue weighted by Gasteiger charge is -2.11. The molecule has 1 heterocycles. The molecule has 1 aliphatic heterocycles. The van der Waals surface area contributed by atoms with Gasteiger partial charge in [-0.2, -0.15) is 8.78 Å². The lowest BCUT2D eigenvalue weighted by atomic mass is 10.1. The summed E-state index contributed by atoms with van der Waals surface area (Å²) in [7, 11) is -2.32.